The molecule has 2 saturated carbocycles. The van der Waals surface area contributed by atoms with Crippen molar-refractivity contribution in [2.24, 2.45) is 11.8 Å². The summed E-state index contributed by atoms with van der Waals surface area (Å²) < 4.78 is 6.09. The summed E-state index contributed by atoms with van der Waals surface area (Å²) >= 11 is 0. The molecule has 20 heavy (non-hydrogen) atoms. The summed E-state index contributed by atoms with van der Waals surface area (Å²) in [5.41, 5.74) is 0.371. The van der Waals surface area contributed by atoms with Crippen LogP contribution in [0.4, 0.5) is 0 Å². The first kappa shape index (κ1) is 13.5. The Morgan fingerprint density at radius 3 is 2.55 bits per heavy atom. The van der Waals surface area contributed by atoms with Gasteiger partial charge in [-0.15, -0.1) is 0 Å². The SMILES string of the molecule is CC1CCC(CN2CC(C)(C3CC3)NCC2C2CC2)O1. The van der Waals surface area contributed by atoms with Gasteiger partial charge < -0.3 is 10.1 Å². The molecule has 0 spiro atoms. The minimum Gasteiger partial charge on any atom is -0.374 e. The molecule has 4 unspecified atom stereocenters. The molecule has 3 heteroatoms. The predicted molar refractivity (Wildman–Crippen MR) is 80.8 cm³/mol. The molecule has 4 atom stereocenters. The molecule has 2 aliphatic heterocycles. The number of rotatable bonds is 4. The van der Waals surface area contributed by atoms with Crippen molar-refractivity contribution in [3.05, 3.63) is 0 Å². The first-order chi connectivity index (χ1) is 9.64. The topological polar surface area (TPSA) is 24.5 Å². The van der Waals surface area contributed by atoms with E-state index in [1.54, 1.807) is 0 Å². The summed E-state index contributed by atoms with van der Waals surface area (Å²) in [6.07, 6.45) is 9.26. The van der Waals surface area contributed by atoms with Gasteiger partial charge in [-0.1, -0.05) is 0 Å². The molecule has 4 rings (SSSR count). The Hall–Kier alpha value is -0.120. The molecule has 3 nitrogen and oxygen atoms in total. The first-order valence-electron chi connectivity index (χ1n) is 8.78. The Balaban J connectivity index is 1.43. The van der Waals surface area contributed by atoms with E-state index < -0.39 is 0 Å². The van der Waals surface area contributed by atoms with Crippen molar-refractivity contribution in [2.45, 2.75) is 76.2 Å². The summed E-state index contributed by atoms with van der Waals surface area (Å²) in [6.45, 7) is 8.31. The van der Waals surface area contributed by atoms with Gasteiger partial charge >= 0.3 is 0 Å². The minimum absolute atomic E-state index is 0.371. The highest BCUT2D eigenvalue weighted by Crippen LogP contribution is 2.44. The van der Waals surface area contributed by atoms with E-state index in [1.807, 2.05) is 0 Å². The van der Waals surface area contributed by atoms with Gasteiger partial charge in [0.05, 0.1) is 12.2 Å². The van der Waals surface area contributed by atoms with Crippen LogP contribution in [0.5, 0.6) is 0 Å². The molecule has 114 valence electrons. The van der Waals surface area contributed by atoms with Crippen LogP contribution in [0.2, 0.25) is 0 Å². The molecule has 4 fully saturated rings. The van der Waals surface area contributed by atoms with Crippen molar-refractivity contribution < 1.29 is 4.74 Å². The number of hydrogen-bond donors (Lipinski definition) is 1. The van der Waals surface area contributed by atoms with Crippen molar-refractivity contribution in [2.75, 3.05) is 19.6 Å². The van der Waals surface area contributed by atoms with Crippen LogP contribution in [-0.4, -0.2) is 48.3 Å². The summed E-state index contributed by atoms with van der Waals surface area (Å²) in [5.74, 6) is 1.89. The lowest BCUT2D eigenvalue weighted by atomic mass is 9.89. The summed E-state index contributed by atoms with van der Waals surface area (Å²) in [7, 11) is 0. The van der Waals surface area contributed by atoms with Crippen LogP contribution < -0.4 is 5.32 Å². The zero-order chi connectivity index (χ0) is 13.7. The van der Waals surface area contributed by atoms with Crippen LogP contribution in [-0.2, 0) is 4.74 Å². The maximum Gasteiger partial charge on any atom is 0.0706 e. The zero-order valence-corrected chi connectivity index (χ0v) is 13.1. The average molecular weight is 278 g/mol. The van der Waals surface area contributed by atoms with Crippen molar-refractivity contribution in [1.82, 2.24) is 10.2 Å². The van der Waals surface area contributed by atoms with Gasteiger partial charge in [0.2, 0.25) is 0 Å². The average Bonchev–Trinajstić information content (AvgIpc) is 3.29. The molecule has 0 radical (unpaired) electrons. The van der Waals surface area contributed by atoms with Gasteiger partial charge in [0.25, 0.3) is 0 Å². The molecule has 0 bridgehead atoms. The molecule has 2 aliphatic carbocycles. The van der Waals surface area contributed by atoms with Gasteiger partial charge in [0.1, 0.15) is 0 Å². The maximum atomic E-state index is 6.09. The standard InChI is InChI=1S/C17H30N2O/c1-12-3-8-15(20-12)10-19-11-17(2,14-6-7-14)18-9-16(19)13-4-5-13/h12-16,18H,3-11H2,1-2H3. The third-order valence-electron chi connectivity index (χ3n) is 6.12. The Kier molecular flexibility index (Phi) is 3.36. The third-order valence-corrected chi connectivity index (χ3v) is 6.12. The van der Waals surface area contributed by atoms with Gasteiger partial charge in [-0.2, -0.15) is 0 Å². The second-order valence-electron chi connectivity index (χ2n) is 8.05. The lowest BCUT2D eigenvalue weighted by molar-refractivity contribution is -0.00714. The second-order valence-corrected chi connectivity index (χ2v) is 8.05. The number of nitrogens with one attached hydrogen (secondary N) is 1. The Morgan fingerprint density at radius 2 is 1.95 bits per heavy atom. The van der Waals surface area contributed by atoms with E-state index in [9.17, 15) is 0 Å². The molecule has 2 heterocycles. The normalized spacial score (nSPS) is 46.8. The van der Waals surface area contributed by atoms with Crippen molar-refractivity contribution in [3.63, 3.8) is 0 Å². The van der Waals surface area contributed by atoms with Crippen LogP contribution in [0.25, 0.3) is 0 Å². The van der Waals surface area contributed by atoms with E-state index in [0.29, 0.717) is 17.7 Å². The Labute approximate surface area is 123 Å². The van der Waals surface area contributed by atoms with Crippen molar-refractivity contribution >= 4 is 0 Å². The molecule has 0 aromatic carbocycles. The smallest absolute Gasteiger partial charge is 0.0706 e. The maximum absolute atomic E-state index is 6.09. The van der Waals surface area contributed by atoms with E-state index in [4.69, 9.17) is 4.74 Å². The number of piperazine rings is 1. The van der Waals surface area contributed by atoms with E-state index in [2.05, 4.69) is 24.1 Å². The lowest BCUT2D eigenvalue weighted by Crippen LogP contribution is -2.65. The Morgan fingerprint density at radius 1 is 1.15 bits per heavy atom. The van der Waals surface area contributed by atoms with Crippen LogP contribution in [0.15, 0.2) is 0 Å². The molecule has 0 aromatic heterocycles. The summed E-state index contributed by atoms with van der Waals surface area (Å²) in [5, 5.41) is 3.91. The quantitative estimate of drug-likeness (QED) is 0.854. The number of nitrogens with zero attached hydrogens (tertiary/aromatic N) is 1. The molecular formula is C17H30N2O. The third kappa shape index (κ3) is 2.65. The molecule has 4 aliphatic rings. The first-order valence-corrected chi connectivity index (χ1v) is 8.78. The van der Waals surface area contributed by atoms with Crippen LogP contribution in [0.1, 0.15) is 52.4 Å². The van der Waals surface area contributed by atoms with Crippen LogP contribution in [0.3, 0.4) is 0 Å². The fourth-order valence-electron chi connectivity index (χ4n) is 4.48. The Bertz CT molecular complexity index is 366. The molecule has 2 saturated heterocycles. The summed E-state index contributed by atoms with van der Waals surface area (Å²) in [6, 6.07) is 0.779. The van der Waals surface area contributed by atoms with E-state index in [1.165, 1.54) is 58.2 Å². The fourth-order valence-corrected chi connectivity index (χ4v) is 4.48. The fraction of sp³-hybridized carbons (Fsp3) is 1.00. The highest BCUT2D eigenvalue weighted by molar-refractivity contribution is 5.06. The van der Waals surface area contributed by atoms with E-state index >= 15 is 0 Å². The monoisotopic (exact) mass is 278 g/mol. The van der Waals surface area contributed by atoms with Gasteiger partial charge in [0, 0.05) is 31.2 Å². The lowest BCUT2D eigenvalue weighted by Gasteiger charge is -2.47. The highest BCUT2D eigenvalue weighted by atomic mass is 16.5. The van der Waals surface area contributed by atoms with Crippen molar-refractivity contribution in [1.29, 1.82) is 0 Å². The van der Waals surface area contributed by atoms with Crippen molar-refractivity contribution in [3.8, 4) is 0 Å². The van der Waals surface area contributed by atoms with Gasteiger partial charge in [-0.3, -0.25) is 4.90 Å². The number of ether oxygens (including phenoxy) is 1. The van der Waals surface area contributed by atoms with E-state index in [-0.39, 0.29) is 0 Å². The molecule has 1 N–H and O–H groups in total. The van der Waals surface area contributed by atoms with Gasteiger partial charge in [-0.25, -0.2) is 0 Å². The second kappa shape index (κ2) is 4.96. The predicted octanol–water partition coefficient (Wildman–Crippen LogP) is 2.41. The largest absolute Gasteiger partial charge is 0.374 e. The molecule has 0 amide bonds. The van der Waals surface area contributed by atoms with Gasteiger partial charge in [0.15, 0.2) is 0 Å². The molecule has 0 aromatic rings. The van der Waals surface area contributed by atoms with E-state index in [0.717, 1.165) is 17.9 Å². The van der Waals surface area contributed by atoms with Crippen LogP contribution >= 0.6 is 0 Å². The summed E-state index contributed by atoms with van der Waals surface area (Å²) in [4.78, 5) is 2.80. The molecular weight excluding hydrogens is 248 g/mol. The minimum atomic E-state index is 0.371. The number of hydrogen-bond acceptors (Lipinski definition) is 3. The van der Waals surface area contributed by atoms with Crippen LogP contribution in [0, 0.1) is 11.8 Å². The van der Waals surface area contributed by atoms with Gasteiger partial charge in [-0.05, 0) is 64.2 Å². The highest BCUT2D eigenvalue weighted by Gasteiger charge is 2.49. The zero-order valence-electron chi connectivity index (χ0n) is 13.1.